The maximum absolute atomic E-state index is 12.5. The van der Waals surface area contributed by atoms with Crippen molar-refractivity contribution in [2.75, 3.05) is 29.9 Å². The van der Waals surface area contributed by atoms with E-state index in [1.807, 2.05) is 18.2 Å². The number of benzene rings is 1. The predicted octanol–water partition coefficient (Wildman–Crippen LogP) is 2.35. The Morgan fingerprint density at radius 3 is 2.75 bits per heavy atom. The van der Waals surface area contributed by atoms with E-state index in [4.69, 9.17) is 0 Å². The Kier molecular flexibility index (Phi) is 4.58. The number of fused-ring (bicyclic) bond motifs is 1. The van der Waals surface area contributed by atoms with Crippen molar-refractivity contribution in [1.82, 2.24) is 5.32 Å². The molecule has 1 aromatic rings. The first kappa shape index (κ1) is 17.2. The van der Waals surface area contributed by atoms with Gasteiger partial charge in [-0.2, -0.15) is 0 Å². The van der Waals surface area contributed by atoms with Crippen molar-refractivity contribution in [3.05, 3.63) is 23.8 Å². The van der Waals surface area contributed by atoms with Crippen molar-refractivity contribution >= 4 is 35.6 Å². The average Bonchev–Trinajstić information content (AvgIpc) is 3.05. The topological polar surface area (TPSA) is 61.4 Å². The molecule has 2 N–H and O–H groups in total. The van der Waals surface area contributed by atoms with E-state index in [1.165, 1.54) is 0 Å². The molecule has 2 amide bonds. The molecule has 2 aliphatic heterocycles. The van der Waals surface area contributed by atoms with Gasteiger partial charge in [0, 0.05) is 30.8 Å². The Balaban J connectivity index is 0.00000169. The molecule has 2 heterocycles. The van der Waals surface area contributed by atoms with Gasteiger partial charge in [0.2, 0.25) is 11.8 Å². The largest absolute Gasteiger partial charge is 0.326 e. The molecule has 130 valence electrons. The lowest BCUT2D eigenvalue weighted by molar-refractivity contribution is -0.118. The summed E-state index contributed by atoms with van der Waals surface area (Å²) in [5.74, 6) is 0.409. The van der Waals surface area contributed by atoms with Crippen LogP contribution in [-0.4, -0.2) is 31.4 Å². The summed E-state index contributed by atoms with van der Waals surface area (Å²) >= 11 is 0. The van der Waals surface area contributed by atoms with Gasteiger partial charge in [-0.15, -0.1) is 12.4 Å². The number of carbonyl (C=O) groups is 2. The molecule has 1 saturated heterocycles. The van der Waals surface area contributed by atoms with Gasteiger partial charge in [0.05, 0.1) is 0 Å². The minimum absolute atomic E-state index is 0. The molecule has 4 rings (SSSR count). The van der Waals surface area contributed by atoms with E-state index in [0.29, 0.717) is 0 Å². The maximum atomic E-state index is 12.5. The van der Waals surface area contributed by atoms with Crippen LogP contribution in [-0.2, 0) is 16.0 Å². The van der Waals surface area contributed by atoms with Gasteiger partial charge in [0.15, 0.2) is 0 Å². The number of nitrogens with zero attached hydrogens (tertiary/aromatic N) is 1. The van der Waals surface area contributed by atoms with Gasteiger partial charge < -0.3 is 15.5 Å². The third-order valence-corrected chi connectivity index (χ3v) is 5.73. The van der Waals surface area contributed by atoms with Crippen LogP contribution in [0.5, 0.6) is 0 Å². The second-order valence-corrected chi connectivity index (χ2v) is 7.12. The van der Waals surface area contributed by atoms with Gasteiger partial charge in [-0.25, -0.2) is 0 Å². The quantitative estimate of drug-likeness (QED) is 0.861. The average molecular weight is 350 g/mol. The summed E-state index contributed by atoms with van der Waals surface area (Å²) < 4.78 is 0. The van der Waals surface area contributed by atoms with E-state index < -0.39 is 0 Å². The molecule has 1 saturated carbocycles. The van der Waals surface area contributed by atoms with Crippen LogP contribution < -0.4 is 15.5 Å². The number of piperidine rings is 1. The summed E-state index contributed by atoms with van der Waals surface area (Å²) in [6.45, 7) is 4.39. The Morgan fingerprint density at radius 2 is 2.04 bits per heavy atom. The maximum Gasteiger partial charge on any atom is 0.228 e. The number of anilines is 2. The van der Waals surface area contributed by atoms with E-state index in [0.717, 1.165) is 62.3 Å². The van der Waals surface area contributed by atoms with Crippen molar-refractivity contribution in [2.24, 2.45) is 11.3 Å². The third-order valence-electron chi connectivity index (χ3n) is 5.73. The number of rotatable bonds is 2. The van der Waals surface area contributed by atoms with Gasteiger partial charge in [0.25, 0.3) is 0 Å². The lowest BCUT2D eigenvalue weighted by atomic mass is 9.92. The minimum atomic E-state index is 0. The summed E-state index contributed by atoms with van der Waals surface area (Å²) in [6, 6.07) is 5.88. The molecule has 2 fully saturated rings. The smallest absolute Gasteiger partial charge is 0.228 e. The van der Waals surface area contributed by atoms with Gasteiger partial charge in [-0.1, -0.05) is 0 Å². The van der Waals surface area contributed by atoms with Gasteiger partial charge >= 0.3 is 0 Å². The lowest BCUT2D eigenvalue weighted by Gasteiger charge is -2.23. The summed E-state index contributed by atoms with van der Waals surface area (Å²) in [5.41, 5.74) is 3.24. The van der Waals surface area contributed by atoms with Crippen LogP contribution in [0.4, 0.5) is 11.4 Å². The third kappa shape index (κ3) is 2.91. The first-order chi connectivity index (χ1) is 11.1. The van der Waals surface area contributed by atoms with Crippen molar-refractivity contribution in [2.45, 2.75) is 32.6 Å². The monoisotopic (exact) mass is 349 g/mol. The molecular formula is C18H24ClN3O2. The van der Waals surface area contributed by atoms with Crippen LogP contribution in [0, 0.1) is 11.3 Å². The molecule has 6 heteroatoms. The summed E-state index contributed by atoms with van der Waals surface area (Å²) in [4.78, 5) is 25.9. The van der Waals surface area contributed by atoms with Crippen LogP contribution in [0.15, 0.2) is 18.2 Å². The van der Waals surface area contributed by atoms with Crippen LogP contribution in [0.3, 0.4) is 0 Å². The highest BCUT2D eigenvalue weighted by molar-refractivity contribution is 5.97. The highest BCUT2D eigenvalue weighted by atomic mass is 35.5. The molecular weight excluding hydrogens is 326 g/mol. The number of carbonyl (C=O) groups excluding carboxylic acids is 2. The molecule has 3 aliphatic rings. The summed E-state index contributed by atoms with van der Waals surface area (Å²) in [7, 11) is 0. The molecule has 0 bridgehead atoms. The molecule has 0 aromatic heterocycles. The summed E-state index contributed by atoms with van der Waals surface area (Å²) in [6.07, 6.45) is 4.12. The van der Waals surface area contributed by atoms with E-state index in [1.54, 1.807) is 11.8 Å². The van der Waals surface area contributed by atoms with Crippen molar-refractivity contribution in [3.8, 4) is 0 Å². The minimum Gasteiger partial charge on any atom is -0.326 e. The predicted molar refractivity (Wildman–Crippen MR) is 96.7 cm³/mol. The number of nitrogens with one attached hydrogen (secondary N) is 2. The van der Waals surface area contributed by atoms with Crippen molar-refractivity contribution in [1.29, 1.82) is 0 Å². The molecule has 1 aliphatic carbocycles. The van der Waals surface area contributed by atoms with Gasteiger partial charge in [0.1, 0.15) is 0 Å². The van der Waals surface area contributed by atoms with E-state index in [2.05, 4.69) is 10.6 Å². The van der Waals surface area contributed by atoms with Crippen molar-refractivity contribution in [3.63, 3.8) is 0 Å². The van der Waals surface area contributed by atoms with Crippen molar-refractivity contribution < 1.29 is 9.59 Å². The Hall–Kier alpha value is -1.59. The van der Waals surface area contributed by atoms with E-state index in [9.17, 15) is 9.59 Å². The summed E-state index contributed by atoms with van der Waals surface area (Å²) in [5, 5.41) is 6.45. The Bertz CT molecular complexity index is 670. The van der Waals surface area contributed by atoms with Crippen LogP contribution in [0.2, 0.25) is 0 Å². The lowest BCUT2D eigenvalue weighted by Crippen LogP contribution is -2.31. The van der Waals surface area contributed by atoms with Crippen LogP contribution in [0.25, 0.3) is 0 Å². The number of amides is 2. The van der Waals surface area contributed by atoms with E-state index in [-0.39, 0.29) is 35.6 Å². The molecule has 1 unspecified atom stereocenters. The zero-order valence-corrected chi connectivity index (χ0v) is 14.7. The van der Waals surface area contributed by atoms with Crippen LogP contribution >= 0.6 is 12.4 Å². The standard InChI is InChI=1S/C18H23N3O2.ClH/c1-12(22)21-9-4-13-10-14(2-3-16(13)21)20-17(23)15-11-18(15)5-7-19-8-6-18;/h2-3,10,15,19H,4-9,11H2,1H3,(H,20,23);1H. The molecule has 5 nitrogen and oxygen atoms in total. The fourth-order valence-corrected chi connectivity index (χ4v) is 4.23. The zero-order chi connectivity index (χ0) is 16.0. The first-order valence-corrected chi connectivity index (χ1v) is 8.52. The first-order valence-electron chi connectivity index (χ1n) is 8.52. The highest BCUT2D eigenvalue weighted by Gasteiger charge is 2.57. The molecule has 1 atom stereocenters. The zero-order valence-electron chi connectivity index (χ0n) is 13.9. The van der Waals surface area contributed by atoms with Gasteiger partial charge in [-0.3, -0.25) is 9.59 Å². The fraction of sp³-hybridized carbons (Fsp3) is 0.556. The van der Waals surface area contributed by atoms with Gasteiger partial charge in [-0.05, 0) is 68.0 Å². The number of hydrogen-bond donors (Lipinski definition) is 2. The second-order valence-electron chi connectivity index (χ2n) is 7.12. The Labute approximate surface area is 148 Å². The normalized spacial score (nSPS) is 23.4. The van der Waals surface area contributed by atoms with Crippen LogP contribution in [0.1, 0.15) is 31.7 Å². The molecule has 0 radical (unpaired) electrons. The number of halogens is 1. The second kappa shape index (κ2) is 6.37. The van der Waals surface area contributed by atoms with E-state index >= 15 is 0 Å². The number of hydrogen-bond acceptors (Lipinski definition) is 3. The Morgan fingerprint density at radius 1 is 1.29 bits per heavy atom. The highest BCUT2D eigenvalue weighted by Crippen LogP contribution is 2.58. The molecule has 1 aromatic carbocycles. The molecule has 1 spiro atoms. The SMILES string of the molecule is CC(=O)N1CCc2cc(NC(=O)C3CC34CCNCC4)ccc21.Cl. The molecule has 24 heavy (non-hydrogen) atoms. The fourth-order valence-electron chi connectivity index (χ4n) is 4.23.